The van der Waals surface area contributed by atoms with Crippen LogP contribution in [0.4, 0.5) is 16.2 Å². The molecule has 0 unspecified atom stereocenters. The highest BCUT2D eigenvalue weighted by atomic mass is 16.5. The first-order valence-electron chi connectivity index (χ1n) is 5.51. The van der Waals surface area contributed by atoms with Crippen molar-refractivity contribution in [3.63, 3.8) is 0 Å². The average Bonchev–Trinajstić information content (AvgIpc) is 2.40. The second-order valence-corrected chi connectivity index (χ2v) is 3.71. The van der Waals surface area contributed by atoms with Crippen LogP contribution < -0.4 is 15.4 Å². The Kier molecular flexibility index (Phi) is 3.48. The molecule has 0 heterocycles. The van der Waals surface area contributed by atoms with E-state index in [9.17, 15) is 4.79 Å². The molecular weight excluding hydrogens is 228 g/mol. The molecule has 92 valence electrons. The van der Waals surface area contributed by atoms with Crippen LogP contribution in [0.1, 0.15) is 0 Å². The van der Waals surface area contributed by atoms with Crippen LogP contribution in [0.3, 0.4) is 0 Å². The quantitative estimate of drug-likeness (QED) is 0.899. The molecule has 0 radical (unpaired) electrons. The van der Waals surface area contributed by atoms with Gasteiger partial charge >= 0.3 is 6.03 Å². The predicted octanol–water partition coefficient (Wildman–Crippen LogP) is 2.91. The lowest BCUT2D eigenvalue weighted by atomic mass is 10.2. The summed E-state index contributed by atoms with van der Waals surface area (Å²) in [6, 6.07) is 15.9. The summed E-state index contributed by atoms with van der Waals surface area (Å²) >= 11 is 0. The van der Waals surface area contributed by atoms with Crippen molar-refractivity contribution in [2.75, 3.05) is 12.0 Å². The lowest BCUT2D eigenvalue weighted by Gasteiger charge is -2.20. The van der Waals surface area contributed by atoms with Crippen molar-refractivity contribution < 1.29 is 9.53 Å². The molecule has 2 aromatic rings. The third-order valence-electron chi connectivity index (χ3n) is 2.57. The van der Waals surface area contributed by atoms with Crippen LogP contribution >= 0.6 is 0 Å². The van der Waals surface area contributed by atoms with E-state index in [0.717, 1.165) is 11.4 Å². The molecule has 0 aliphatic carbocycles. The minimum atomic E-state index is -0.522. The molecule has 0 fully saturated rings. The molecule has 0 atom stereocenters. The van der Waals surface area contributed by atoms with Gasteiger partial charge in [-0.2, -0.15) is 0 Å². The molecule has 4 nitrogen and oxygen atoms in total. The van der Waals surface area contributed by atoms with Crippen molar-refractivity contribution in [1.29, 1.82) is 0 Å². The van der Waals surface area contributed by atoms with Gasteiger partial charge in [-0.3, -0.25) is 4.90 Å². The number of hydrogen-bond acceptors (Lipinski definition) is 2. The molecule has 0 aromatic heterocycles. The number of urea groups is 1. The Labute approximate surface area is 106 Å². The van der Waals surface area contributed by atoms with Crippen LogP contribution in [0, 0.1) is 0 Å². The number of carbonyl (C=O) groups is 1. The number of carbonyl (C=O) groups excluding carboxylic acids is 1. The van der Waals surface area contributed by atoms with Crippen LogP contribution in [-0.4, -0.2) is 13.1 Å². The van der Waals surface area contributed by atoms with Crippen LogP contribution in [0.2, 0.25) is 0 Å². The van der Waals surface area contributed by atoms with Gasteiger partial charge in [0.1, 0.15) is 5.75 Å². The predicted molar refractivity (Wildman–Crippen MR) is 71.2 cm³/mol. The molecule has 2 amide bonds. The highest BCUT2D eigenvalue weighted by molar-refractivity contribution is 5.98. The number of para-hydroxylation sites is 1. The standard InChI is InChI=1S/C14H14N2O2/c1-18-13-9-7-12(8-10-13)16(14(15)17)11-5-3-2-4-6-11/h2-10H,1H3,(H2,15,17). The van der Waals surface area contributed by atoms with Gasteiger partial charge in [0.2, 0.25) is 0 Å². The fourth-order valence-corrected chi connectivity index (χ4v) is 1.71. The van der Waals surface area contributed by atoms with Gasteiger partial charge in [0, 0.05) is 0 Å². The van der Waals surface area contributed by atoms with E-state index in [1.807, 2.05) is 30.3 Å². The molecule has 4 heteroatoms. The molecule has 2 aromatic carbocycles. The molecule has 0 saturated carbocycles. The van der Waals surface area contributed by atoms with Gasteiger partial charge < -0.3 is 10.5 Å². The number of methoxy groups -OCH3 is 1. The van der Waals surface area contributed by atoms with E-state index in [-0.39, 0.29) is 0 Å². The zero-order chi connectivity index (χ0) is 13.0. The lowest BCUT2D eigenvalue weighted by Crippen LogP contribution is -2.31. The van der Waals surface area contributed by atoms with Gasteiger partial charge in [0.05, 0.1) is 18.5 Å². The fraction of sp³-hybridized carbons (Fsp3) is 0.0714. The molecule has 2 rings (SSSR count). The van der Waals surface area contributed by atoms with Crippen LogP contribution in [0.15, 0.2) is 54.6 Å². The number of rotatable bonds is 3. The minimum Gasteiger partial charge on any atom is -0.497 e. The molecule has 0 bridgehead atoms. The van der Waals surface area contributed by atoms with E-state index in [1.165, 1.54) is 4.90 Å². The van der Waals surface area contributed by atoms with E-state index in [2.05, 4.69) is 0 Å². The third-order valence-corrected chi connectivity index (χ3v) is 2.57. The summed E-state index contributed by atoms with van der Waals surface area (Å²) in [6.07, 6.45) is 0. The van der Waals surface area contributed by atoms with Gasteiger partial charge in [-0.25, -0.2) is 4.79 Å². The van der Waals surface area contributed by atoms with Gasteiger partial charge in [-0.1, -0.05) is 18.2 Å². The Balaban J connectivity index is 2.39. The zero-order valence-electron chi connectivity index (χ0n) is 10.0. The average molecular weight is 242 g/mol. The Morgan fingerprint density at radius 1 is 1.00 bits per heavy atom. The Hall–Kier alpha value is -2.49. The fourth-order valence-electron chi connectivity index (χ4n) is 1.71. The molecule has 18 heavy (non-hydrogen) atoms. The highest BCUT2D eigenvalue weighted by Crippen LogP contribution is 2.26. The summed E-state index contributed by atoms with van der Waals surface area (Å²) in [7, 11) is 1.60. The van der Waals surface area contributed by atoms with Crippen LogP contribution in [0.5, 0.6) is 5.75 Å². The Bertz CT molecular complexity index is 523. The summed E-state index contributed by atoms with van der Waals surface area (Å²) in [6.45, 7) is 0. The first-order chi connectivity index (χ1) is 8.72. The van der Waals surface area contributed by atoms with E-state index >= 15 is 0 Å². The highest BCUT2D eigenvalue weighted by Gasteiger charge is 2.14. The molecule has 2 N–H and O–H groups in total. The summed E-state index contributed by atoms with van der Waals surface area (Å²) in [4.78, 5) is 13.0. The number of benzene rings is 2. The van der Waals surface area contributed by atoms with Crippen molar-refractivity contribution in [3.05, 3.63) is 54.6 Å². The number of amides is 2. The molecular formula is C14H14N2O2. The van der Waals surface area contributed by atoms with Crippen molar-refractivity contribution in [1.82, 2.24) is 0 Å². The molecule has 0 saturated heterocycles. The second kappa shape index (κ2) is 5.23. The third kappa shape index (κ3) is 2.43. The van der Waals surface area contributed by atoms with E-state index < -0.39 is 6.03 Å². The number of nitrogens with zero attached hydrogens (tertiary/aromatic N) is 1. The smallest absolute Gasteiger partial charge is 0.323 e. The van der Waals surface area contributed by atoms with Crippen molar-refractivity contribution >= 4 is 17.4 Å². The molecule has 0 spiro atoms. The van der Waals surface area contributed by atoms with Crippen molar-refractivity contribution in [2.45, 2.75) is 0 Å². The largest absolute Gasteiger partial charge is 0.497 e. The van der Waals surface area contributed by atoms with E-state index in [4.69, 9.17) is 10.5 Å². The minimum absolute atomic E-state index is 0.522. The van der Waals surface area contributed by atoms with E-state index in [1.54, 1.807) is 31.4 Å². The van der Waals surface area contributed by atoms with Gasteiger partial charge in [0.25, 0.3) is 0 Å². The normalized spacial score (nSPS) is 9.83. The SMILES string of the molecule is COc1ccc(N(C(N)=O)c2ccccc2)cc1. The number of ether oxygens (including phenoxy) is 1. The number of nitrogens with two attached hydrogens (primary N) is 1. The van der Waals surface area contributed by atoms with Crippen LogP contribution in [0.25, 0.3) is 0 Å². The summed E-state index contributed by atoms with van der Waals surface area (Å²) in [5.74, 6) is 0.733. The topological polar surface area (TPSA) is 55.6 Å². The number of anilines is 2. The number of primary amides is 1. The first kappa shape index (κ1) is 12.0. The van der Waals surface area contributed by atoms with Gasteiger partial charge in [0.15, 0.2) is 0 Å². The maximum absolute atomic E-state index is 11.6. The van der Waals surface area contributed by atoms with Crippen LogP contribution in [-0.2, 0) is 0 Å². The maximum Gasteiger partial charge on any atom is 0.323 e. The zero-order valence-corrected chi connectivity index (χ0v) is 10.0. The Morgan fingerprint density at radius 3 is 2.06 bits per heavy atom. The van der Waals surface area contributed by atoms with Gasteiger partial charge in [-0.05, 0) is 36.4 Å². The summed E-state index contributed by atoms with van der Waals surface area (Å²) in [5, 5.41) is 0. The summed E-state index contributed by atoms with van der Waals surface area (Å²) in [5.41, 5.74) is 6.86. The number of hydrogen-bond donors (Lipinski definition) is 1. The summed E-state index contributed by atoms with van der Waals surface area (Å²) < 4.78 is 5.08. The monoisotopic (exact) mass is 242 g/mol. The molecule has 0 aliphatic rings. The van der Waals surface area contributed by atoms with E-state index in [0.29, 0.717) is 5.69 Å². The molecule has 0 aliphatic heterocycles. The van der Waals surface area contributed by atoms with Crippen molar-refractivity contribution in [3.8, 4) is 5.75 Å². The second-order valence-electron chi connectivity index (χ2n) is 3.71. The van der Waals surface area contributed by atoms with Gasteiger partial charge in [-0.15, -0.1) is 0 Å². The van der Waals surface area contributed by atoms with Crippen molar-refractivity contribution in [2.24, 2.45) is 5.73 Å². The first-order valence-corrected chi connectivity index (χ1v) is 5.51. The maximum atomic E-state index is 11.6. The lowest BCUT2D eigenvalue weighted by molar-refractivity contribution is 0.256. The Morgan fingerprint density at radius 2 is 1.56 bits per heavy atom.